The van der Waals surface area contributed by atoms with Gasteiger partial charge in [-0.3, -0.25) is 4.79 Å². The lowest BCUT2D eigenvalue weighted by atomic mass is 9.95. The van der Waals surface area contributed by atoms with Gasteiger partial charge in [0.1, 0.15) is 5.75 Å². The molecule has 0 spiro atoms. The molecule has 0 aromatic heterocycles. The first-order valence-corrected chi connectivity index (χ1v) is 7.15. The maximum absolute atomic E-state index is 11.8. The lowest BCUT2D eigenvalue weighted by Gasteiger charge is -2.22. The summed E-state index contributed by atoms with van der Waals surface area (Å²) in [6.07, 6.45) is 5.96. The van der Waals surface area contributed by atoms with Crippen LogP contribution >= 0.6 is 0 Å². The molecule has 3 nitrogen and oxygen atoms in total. The first kappa shape index (κ1) is 13.9. The third kappa shape index (κ3) is 3.98. The zero-order chi connectivity index (χ0) is 13.7. The van der Waals surface area contributed by atoms with Crippen LogP contribution in [0.4, 0.5) is 0 Å². The van der Waals surface area contributed by atoms with E-state index in [2.05, 4.69) is 5.32 Å². The Morgan fingerprint density at radius 3 is 2.74 bits per heavy atom. The van der Waals surface area contributed by atoms with Crippen molar-refractivity contribution >= 4 is 5.91 Å². The third-order valence-corrected chi connectivity index (χ3v) is 3.88. The van der Waals surface area contributed by atoms with Crippen molar-refractivity contribution in [3.63, 3.8) is 0 Å². The number of hydrogen-bond acceptors (Lipinski definition) is 2. The zero-order valence-electron chi connectivity index (χ0n) is 11.9. The highest BCUT2D eigenvalue weighted by Crippen LogP contribution is 2.20. The van der Waals surface area contributed by atoms with Gasteiger partial charge in [-0.25, -0.2) is 0 Å². The minimum absolute atomic E-state index is 0.00666. The van der Waals surface area contributed by atoms with Crippen molar-refractivity contribution in [2.24, 2.45) is 0 Å². The molecule has 1 fully saturated rings. The Kier molecular flexibility index (Phi) is 4.83. The summed E-state index contributed by atoms with van der Waals surface area (Å²) in [6, 6.07) is 6.26. The molecule has 0 atom stereocenters. The standard InChI is InChI=1S/C16H23NO2/c1-12-7-6-10-15(13(12)2)19-11-16(18)17-14-8-4-3-5-9-14/h6-7,10,14H,3-5,8-9,11H2,1-2H3,(H,17,18). The number of rotatable bonds is 4. The second-order valence-corrected chi connectivity index (χ2v) is 5.39. The summed E-state index contributed by atoms with van der Waals surface area (Å²) < 4.78 is 5.61. The Morgan fingerprint density at radius 2 is 2.00 bits per heavy atom. The van der Waals surface area contributed by atoms with Crippen LogP contribution in [-0.2, 0) is 4.79 Å². The van der Waals surface area contributed by atoms with Crippen molar-refractivity contribution < 1.29 is 9.53 Å². The fraction of sp³-hybridized carbons (Fsp3) is 0.562. The van der Waals surface area contributed by atoms with Crippen molar-refractivity contribution in [3.8, 4) is 5.75 Å². The molecule has 0 unspecified atom stereocenters. The van der Waals surface area contributed by atoms with Crippen LogP contribution in [0.25, 0.3) is 0 Å². The molecular formula is C16H23NO2. The minimum atomic E-state index is -0.00666. The number of nitrogens with one attached hydrogen (secondary N) is 1. The monoisotopic (exact) mass is 261 g/mol. The predicted molar refractivity (Wildman–Crippen MR) is 76.4 cm³/mol. The third-order valence-electron chi connectivity index (χ3n) is 3.88. The van der Waals surface area contributed by atoms with E-state index in [9.17, 15) is 4.79 Å². The van der Waals surface area contributed by atoms with E-state index in [1.165, 1.54) is 24.8 Å². The molecule has 0 radical (unpaired) electrons. The summed E-state index contributed by atoms with van der Waals surface area (Å²) in [5.41, 5.74) is 2.29. The molecule has 0 saturated heterocycles. The summed E-state index contributed by atoms with van der Waals surface area (Å²) in [5.74, 6) is 0.798. The summed E-state index contributed by atoms with van der Waals surface area (Å²) in [4.78, 5) is 11.8. The van der Waals surface area contributed by atoms with Crippen LogP contribution in [0.3, 0.4) is 0 Å². The summed E-state index contributed by atoms with van der Waals surface area (Å²) in [6.45, 7) is 4.18. The van der Waals surface area contributed by atoms with Gasteiger partial charge >= 0.3 is 0 Å². The van der Waals surface area contributed by atoms with Crippen LogP contribution in [0.2, 0.25) is 0 Å². The van der Waals surface area contributed by atoms with Crippen LogP contribution in [0.1, 0.15) is 43.2 Å². The van der Waals surface area contributed by atoms with E-state index >= 15 is 0 Å². The molecule has 1 saturated carbocycles. The van der Waals surface area contributed by atoms with Gasteiger partial charge in [0.25, 0.3) is 5.91 Å². The summed E-state index contributed by atoms with van der Waals surface area (Å²) in [5, 5.41) is 3.06. The molecule has 0 aliphatic heterocycles. The first-order chi connectivity index (χ1) is 9.16. The average Bonchev–Trinajstić information content (AvgIpc) is 2.42. The van der Waals surface area contributed by atoms with Gasteiger partial charge in [0, 0.05) is 6.04 Å². The Hall–Kier alpha value is -1.51. The quantitative estimate of drug-likeness (QED) is 0.904. The normalized spacial score (nSPS) is 16.1. The van der Waals surface area contributed by atoms with Gasteiger partial charge in [-0.2, -0.15) is 0 Å². The average molecular weight is 261 g/mol. The van der Waals surface area contributed by atoms with Crippen LogP contribution in [-0.4, -0.2) is 18.6 Å². The van der Waals surface area contributed by atoms with Gasteiger partial charge in [-0.1, -0.05) is 31.4 Å². The number of carbonyl (C=O) groups excluding carboxylic acids is 1. The van der Waals surface area contributed by atoms with Gasteiger partial charge in [0.15, 0.2) is 6.61 Å². The Morgan fingerprint density at radius 1 is 1.26 bits per heavy atom. The molecule has 0 bridgehead atoms. The number of ether oxygens (including phenoxy) is 1. The van der Waals surface area contributed by atoms with Crippen molar-refractivity contribution in [1.82, 2.24) is 5.32 Å². The van der Waals surface area contributed by atoms with Crippen LogP contribution in [0.5, 0.6) is 5.75 Å². The molecule has 1 aromatic rings. The van der Waals surface area contributed by atoms with E-state index in [-0.39, 0.29) is 12.5 Å². The van der Waals surface area contributed by atoms with Gasteiger partial charge in [-0.05, 0) is 43.9 Å². The van der Waals surface area contributed by atoms with E-state index in [4.69, 9.17) is 4.74 Å². The minimum Gasteiger partial charge on any atom is -0.483 e. The fourth-order valence-electron chi connectivity index (χ4n) is 2.54. The lowest BCUT2D eigenvalue weighted by Crippen LogP contribution is -2.39. The molecule has 1 amide bonds. The molecule has 3 heteroatoms. The van der Waals surface area contributed by atoms with Gasteiger partial charge < -0.3 is 10.1 Å². The van der Waals surface area contributed by atoms with Crippen LogP contribution in [0, 0.1) is 13.8 Å². The summed E-state index contributed by atoms with van der Waals surface area (Å²) in [7, 11) is 0. The molecule has 2 rings (SSSR count). The number of carbonyl (C=O) groups is 1. The van der Waals surface area contributed by atoms with E-state index < -0.39 is 0 Å². The maximum atomic E-state index is 11.8. The smallest absolute Gasteiger partial charge is 0.258 e. The van der Waals surface area contributed by atoms with Crippen LogP contribution < -0.4 is 10.1 Å². The SMILES string of the molecule is Cc1cccc(OCC(=O)NC2CCCCC2)c1C. The number of aryl methyl sites for hydroxylation is 1. The number of amides is 1. The lowest BCUT2D eigenvalue weighted by molar-refractivity contribution is -0.124. The van der Waals surface area contributed by atoms with Crippen molar-refractivity contribution in [1.29, 1.82) is 0 Å². The predicted octanol–water partition coefficient (Wildman–Crippen LogP) is 3.13. The highest BCUT2D eigenvalue weighted by atomic mass is 16.5. The van der Waals surface area contributed by atoms with Crippen LogP contribution in [0.15, 0.2) is 18.2 Å². The molecule has 1 aliphatic rings. The summed E-state index contributed by atoms with van der Waals surface area (Å²) >= 11 is 0. The molecular weight excluding hydrogens is 238 g/mol. The Bertz CT molecular complexity index is 436. The second-order valence-electron chi connectivity index (χ2n) is 5.39. The number of benzene rings is 1. The maximum Gasteiger partial charge on any atom is 0.258 e. The fourth-order valence-corrected chi connectivity index (χ4v) is 2.54. The molecule has 19 heavy (non-hydrogen) atoms. The van der Waals surface area contributed by atoms with E-state index in [1.54, 1.807) is 0 Å². The van der Waals surface area contributed by atoms with E-state index in [1.807, 2.05) is 32.0 Å². The highest BCUT2D eigenvalue weighted by Gasteiger charge is 2.16. The molecule has 1 aromatic carbocycles. The first-order valence-electron chi connectivity index (χ1n) is 7.15. The molecule has 1 aliphatic carbocycles. The highest BCUT2D eigenvalue weighted by molar-refractivity contribution is 5.77. The van der Waals surface area contributed by atoms with E-state index in [0.29, 0.717) is 6.04 Å². The Balaban J connectivity index is 1.81. The van der Waals surface area contributed by atoms with Gasteiger partial charge in [0.05, 0.1) is 0 Å². The van der Waals surface area contributed by atoms with Crippen molar-refractivity contribution in [3.05, 3.63) is 29.3 Å². The largest absolute Gasteiger partial charge is 0.483 e. The van der Waals surface area contributed by atoms with Gasteiger partial charge in [0.2, 0.25) is 0 Å². The van der Waals surface area contributed by atoms with Gasteiger partial charge in [-0.15, -0.1) is 0 Å². The molecule has 1 N–H and O–H groups in total. The second kappa shape index (κ2) is 6.60. The van der Waals surface area contributed by atoms with E-state index in [0.717, 1.165) is 24.2 Å². The number of hydrogen-bond donors (Lipinski definition) is 1. The van der Waals surface area contributed by atoms with Crippen molar-refractivity contribution in [2.75, 3.05) is 6.61 Å². The molecule has 0 heterocycles. The topological polar surface area (TPSA) is 38.3 Å². The van der Waals surface area contributed by atoms with Crippen molar-refractivity contribution in [2.45, 2.75) is 52.0 Å². The Labute approximate surface area is 115 Å². The zero-order valence-corrected chi connectivity index (χ0v) is 11.9. The molecule has 104 valence electrons.